The summed E-state index contributed by atoms with van der Waals surface area (Å²) < 4.78 is 33.9. The Labute approximate surface area is 198 Å². The zero-order valence-corrected chi connectivity index (χ0v) is 20.1. The molecule has 0 heterocycles. The largest absolute Gasteiger partial charge is 0.496 e. The minimum Gasteiger partial charge on any atom is -0.496 e. The molecule has 0 N–H and O–H groups in total. The van der Waals surface area contributed by atoms with Gasteiger partial charge in [-0.3, -0.25) is 0 Å². The molecular weight excluding hydrogens is 432 g/mol. The first kappa shape index (κ1) is 22.9. The van der Waals surface area contributed by atoms with Crippen LogP contribution in [-0.2, 0) is 0 Å². The van der Waals surface area contributed by atoms with Crippen LogP contribution in [0.25, 0.3) is 21.5 Å². The molecule has 0 saturated heterocycles. The maximum atomic E-state index is 5.76. The van der Waals surface area contributed by atoms with Crippen LogP contribution in [0.3, 0.4) is 0 Å². The highest BCUT2D eigenvalue weighted by atomic mass is 16.5. The van der Waals surface area contributed by atoms with Crippen molar-refractivity contribution in [2.24, 2.45) is 0 Å². The second kappa shape index (κ2) is 9.72. The smallest absolute Gasteiger partial charge is 0.142 e. The molecule has 0 amide bonds. The molecule has 6 heteroatoms. The topological polar surface area (TPSA) is 55.4 Å². The molecule has 0 aliphatic heterocycles. The Kier molecular flexibility index (Phi) is 6.55. The van der Waals surface area contributed by atoms with Gasteiger partial charge in [0, 0.05) is 22.9 Å². The molecule has 4 aromatic rings. The van der Waals surface area contributed by atoms with E-state index in [0.29, 0.717) is 45.6 Å². The average Bonchev–Trinajstić information content (AvgIpc) is 2.89. The monoisotopic (exact) mass is 458 g/mol. The minimum absolute atomic E-state index is 0.635. The zero-order valence-electron chi connectivity index (χ0n) is 20.1. The first-order valence-corrected chi connectivity index (χ1v) is 10.6. The standard InChI is InChI=1S/C28H26O6/c1-29-21-11-7-9-19-25(21)23(31-3)15-17(27(19)33-5)13-14-18-16-24(32-4)26-20(28(18)34-6)10-8-12-22(26)30-2/h7-12,15-16H,1-6H3. The van der Waals surface area contributed by atoms with Crippen molar-refractivity contribution in [3.8, 4) is 46.3 Å². The maximum Gasteiger partial charge on any atom is 0.142 e. The van der Waals surface area contributed by atoms with Crippen LogP contribution in [0.5, 0.6) is 34.5 Å². The fraction of sp³-hybridized carbons (Fsp3) is 0.214. The van der Waals surface area contributed by atoms with E-state index >= 15 is 0 Å². The van der Waals surface area contributed by atoms with Gasteiger partial charge in [-0.05, 0) is 12.1 Å². The van der Waals surface area contributed by atoms with Crippen molar-refractivity contribution in [2.75, 3.05) is 42.7 Å². The molecule has 0 aromatic heterocycles. The van der Waals surface area contributed by atoms with E-state index in [-0.39, 0.29) is 0 Å². The second-order valence-corrected chi connectivity index (χ2v) is 7.33. The number of hydrogen-bond donors (Lipinski definition) is 0. The van der Waals surface area contributed by atoms with Crippen LogP contribution in [0.2, 0.25) is 0 Å². The molecule has 4 aromatic carbocycles. The highest BCUT2D eigenvalue weighted by molar-refractivity contribution is 6.01. The Morgan fingerprint density at radius 2 is 0.853 bits per heavy atom. The number of ether oxygens (including phenoxy) is 6. The molecule has 4 rings (SSSR count). The molecule has 0 radical (unpaired) electrons. The van der Waals surface area contributed by atoms with E-state index in [1.54, 1.807) is 42.7 Å². The summed E-state index contributed by atoms with van der Waals surface area (Å²) in [6.07, 6.45) is 0. The van der Waals surface area contributed by atoms with E-state index in [9.17, 15) is 0 Å². The number of rotatable bonds is 6. The summed E-state index contributed by atoms with van der Waals surface area (Å²) in [6.45, 7) is 0. The Morgan fingerprint density at radius 1 is 0.471 bits per heavy atom. The van der Waals surface area contributed by atoms with E-state index in [1.807, 2.05) is 48.5 Å². The summed E-state index contributed by atoms with van der Waals surface area (Å²) >= 11 is 0. The molecular formula is C28H26O6. The van der Waals surface area contributed by atoms with Crippen LogP contribution in [0.1, 0.15) is 11.1 Å². The van der Waals surface area contributed by atoms with Gasteiger partial charge in [-0.25, -0.2) is 0 Å². The van der Waals surface area contributed by atoms with Crippen LogP contribution < -0.4 is 28.4 Å². The molecule has 0 saturated carbocycles. The third-order valence-corrected chi connectivity index (χ3v) is 5.69. The third-order valence-electron chi connectivity index (χ3n) is 5.69. The lowest BCUT2D eigenvalue weighted by Gasteiger charge is -2.15. The first-order chi connectivity index (χ1) is 16.6. The molecule has 0 atom stereocenters. The van der Waals surface area contributed by atoms with Gasteiger partial charge < -0.3 is 28.4 Å². The van der Waals surface area contributed by atoms with Gasteiger partial charge in [0.1, 0.15) is 34.5 Å². The normalized spacial score (nSPS) is 10.4. The summed E-state index contributed by atoms with van der Waals surface area (Å²) in [6, 6.07) is 15.2. The van der Waals surface area contributed by atoms with E-state index in [0.717, 1.165) is 21.5 Å². The van der Waals surface area contributed by atoms with Crippen molar-refractivity contribution in [1.29, 1.82) is 0 Å². The van der Waals surface area contributed by atoms with Crippen LogP contribution in [0, 0.1) is 11.8 Å². The molecule has 0 bridgehead atoms. The summed E-state index contributed by atoms with van der Waals surface area (Å²) in [5.74, 6) is 10.4. The van der Waals surface area contributed by atoms with E-state index in [2.05, 4.69) is 11.8 Å². The van der Waals surface area contributed by atoms with Gasteiger partial charge in [-0.1, -0.05) is 36.1 Å². The van der Waals surface area contributed by atoms with Crippen molar-refractivity contribution in [2.45, 2.75) is 0 Å². The predicted octanol–water partition coefficient (Wildman–Crippen LogP) is 5.44. The highest BCUT2D eigenvalue weighted by Crippen LogP contribution is 2.43. The van der Waals surface area contributed by atoms with Crippen LogP contribution in [0.4, 0.5) is 0 Å². The fourth-order valence-corrected chi connectivity index (χ4v) is 4.20. The minimum atomic E-state index is 0.635. The van der Waals surface area contributed by atoms with Gasteiger partial charge in [-0.15, -0.1) is 0 Å². The van der Waals surface area contributed by atoms with Crippen molar-refractivity contribution < 1.29 is 28.4 Å². The van der Waals surface area contributed by atoms with Gasteiger partial charge in [0.05, 0.1) is 64.6 Å². The Balaban J connectivity index is 1.98. The van der Waals surface area contributed by atoms with Gasteiger partial charge in [-0.2, -0.15) is 0 Å². The van der Waals surface area contributed by atoms with Gasteiger partial charge >= 0.3 is 0 Å². The molecule has 6 nitrogen and oxygen atoms in total. The van der Waals surface area contributed by atoms with Crippen molar-refractivity contribution in [3.63, 3.8) is 0 Å². The highest BCUT2D eigenvalue weighted by Gasteiger charge is 2.18. The molecule has 174 valence electrons. The van der Waals surface area contributed by atoms with Crippen molar-refractivity contribution in [1.82, 2.24) is 0 Å². The maximum absolute atomic E-state index is 5.76. The number of benzene rings is 4. The second-order valence-electron chi connectivity index (χ2n) is 7.33. The number of fused-ring (bicyclic) bond motifs is 2. The quantitative estimate of drug-likeness (QED) is 0.359. The fourth-order valence-electron chi connectivity index (χ4n) is 4.20. The van der Waals surface area contributed by atoms with Crippen LogP contribution in [-0.4, -0.2) is 42.7 Å². The zero-order chi connectivity index (χ0) is 24.2. The summed E-state index contributed by atoms with van der Waals surface area (Å²) in [4.78, 5) is 0. The van der Waals surface area contributed by atoms with Crippen LogP contribution in [0.15, 0.2) is 48.5 Å². The number of hydrogen-bond acceptors (Lipinski definition) is 6. The van der Waals surface area contributed by atoms with Crippen molar-refractivity contribution >= 4 is 21.5 Å². The van der Waals surface area contributed by atoms with Gasteiger partial charge in [0.15, 0.2) is 0 Å². The summed E-state index contributed by atoms with van der Waals surface area (Å²) in [7, 11) is 9.74. The summed E-state index contributed by atoms with van der Waals surface area (Å²) in [5.41, 5.74) is 1.35. The van der Waals surface area contributed by atoms with Gasteiger partial charge in [0.25, 0.3) is 0 Å². The van der Waals surface area contributed by atoms with Gasteiger partial charge in [0.2, 0.25) is 0 Å². The Bertz CT molecular complexity index is 1320. The van der Waals surface area contributed by atoms with E-state index in [1.165, 1.54) is 0 Å². The molecule has 0 aliphatic rings. The van der Waals surface area contributed by atoms with E-state index in [4.69, 9.17) is 28.4 Å². The Morgan fingerprint density at radius 3 is 1.18 bits per heavy atom. The lowest BCUT2D eigenvalue weighted by atomic mass is 10.0. The molecule has 0 aliphatic carbocycles. The lowest BCUT2D eigenvalue weighted by Crippen LogP contribution is -1.97. The predicted molar refractivity (Wildman–Crippen MR) is 133 cm³/mol. The third kappa shape index (κ3) is 3.75. The Hall–Kier alpha value is -4.24. The molecule has 0 unspecified atom stereocenters. The molecule has 0 spiro atoms. The molecule has 0 fully saturated rings. The van der Waals surface area contributed by atoms with Crippen LogP contribution >= 0.6 is 0 Å². The molecule has 34 heavy (non-hydrogen) atoms. The lowest BCUT2D eigenvalue weighted by molar-refractivity contribution is 0.399. The van der Waals surface area contributed by atoms with Crippen molar-refractivity contribution in [3.05, 3.63) is 59.7 Å². The van der Waals surface area contributed by atoms with E-state index < -0.39 is 0 Å². The first-order valence-electron chi connectivity index (χ1n) is 10.6. The SMILES string of the molecule is COc1c(C#Cc2cc(OC)c3c(OC)cccc3c2OC)cc(OC)c2c(OC)cccc12. The summed E-state index contributed by atoms with van der Waals surface area (Å²) in [5, 5.41) is 3.34. The number of methoxy groups -OCH3 is 6. The average molecular weight is 459 g/mol.